The SMILES string of the molecule is O=C1CN=NNN1c1ccc(Cl)cc1. The minimum absolute atomic E-state index is 0.0651. The predicted octanol–water partition coefficient (Wildman–Crippen LogP) is 1.56. The molecule has 0 atom stereocenters. The van der Waals surface area contributed by atoms with Crippen molar-refractivity contribution >= 4 is 23.2 Å². The maximum atomic E-state index is 11.4. The van der Waals surface area contributed by atoms with Crippen LogP contribution in [0.25, 0.3) is 0 Å². The zero-order chi connectivity index (χ0) is 9.97. The van der Waals surface area contributed by atoms with Crippen molar-refractivity contribution in [2.45, 2.75) is 0 Å². The molecule has 1 N–H and O–H groups in total. The first-order valence-electron chi connectivity index (χ1n) is 3.98. The summed E-state index contributed by atoms with van der Waals surface area (Å²) in [7, 11) is 0. The first kappa shape index (κ1) is 8.96. The lowest BCUT2D eigenvalue weighted by Gasteiger charge is -2.22. The first-order valence-corrected chi connectivity index (χ1v) is 4.36. The number of halogens is 1. The number of rotatable bonds is 1. The number of hydrogen-bond donors (Lipinski definition) is 1. The molecule has 2 rings (SSSR count). The van der Waals surface area contributed by atoms with E-state index in [4.69, 9.17) is 11.6 Å². The second kappa shape index (κ2) is 3.63. The topological polar surface area (TPSA) is 57.1 Å². The summed E-state index contributed by atoms with van der Waals surface area (Å²) in [6.45, 7) is 0.0651. The third kappa shape index (κ3) is 1.67. The zero-order valence-corrected chi connectivity index (χ0v) is 7.90. The zero-order valence-electron chi connectivity index (χ0n) is 7.14. The molecule has 1 aromatic carbocycles. The summed E-state index contributed by atoms with van der Waals surface area (Å²) >= 11 is 5.72. The van der Waals surface area contributed by atoms with Gasteiger partial charge in [0.2, 0.25) is 0 Å². The highest BCUT2D eigenvalue weighted by atomic mass is 35.5. The molecule has 0 aromatic heterocycles. The van der Waals surface area contributed by atoms with Crippen LogP contribution in [0, 0.1) is 0 Å². The Morgan fingerprint density at radius 1 is 1.36 bits per heavy atom. The van der Waals surface area contributed by atoms with E-state index in [0.29, 0.717) is 10.7 Å². The second-order valence-corrected chi connectivity index (χ2v) is 3.14. The molecular weight excluding hydrogens is 204 g/mol. The summed E-state index contributed by atoms with van der Waals surface area (Å²) < 4.78 is 0. The number of nitrogens with one attached hydrogen (secondary N) is 1. The second-order valence-electron chi connectivity index (χ2n) is 2.71. The normalized spacial score (nSPS) is 15.5. The van der Waals surface area contributed by atoms with Crippen LogP contribution in [-0.4, -0.2) is 12.5 Å². The van der Waals surface area contributed by atoms with E-state index in [1.807, 2.05) is 0 Å². The van der Waals surface area contributed by atoms with E-state index in [1.165, 1.54) is 5.01 Å². The van der Waals surface area contributed by atoms with E-state index >= 15 is 0 Å². The van der Waals surface area contributed by atoms with Gasteiger partial charge in [0.25, 0.3) is 5.91 Å². The number of hydrazine groups is 1. The van der Waals surface area contributed by atoms with Crippen molar-refractivity contribution < 1.29 is 4.79 Å². The molecule has 72 valence electrons. The van der Waals surface area contributed by atoms with Gasteiger partial charge in [-0.25, -0.2) is 5.01 Å². The maximum absolute atomic E-state index is 11.4. The Hall–Kier alpha value is -1.62. The minimum Gasteiger partial charge on any atom is -0.270 e. The van der Waals surface area contributed by atoms with Crippen molar-refractivity contribution in [2.24, 2.45) is 10.3 Å². The highest BCUT2D eigenvalue weighted by molar-refractivity contribution is 6.30. The fraction of sp³-hybridized carbons (Fsp3) is 0.125. The predicted molar refractivity (Wildman–Crippen MR) is 51.8 cm³/mol. The molecule has 0 fully saturated rings. The van der Waals surface area contributed by atoms with Crippen LogP contribution in [0.4, 0.5) is 5.69 Å². The summed E-state index contributed by atoms with van der Waals surface area (Å²) in [5, 5.41) is 9.05. The Labute approximate surface area is 85.3 Å². The molecular formula is C8H7ClN4O. The number of amides is 1. The van der Waals surface area contributed by atoms with Crippen molar-refractivity contribution in [3.63, 3.8) is 0 Å². The molecule has 0 bridgehead atoms. The number of benzene rings is 1. The lowest BCUT2D eigenvalue weighted by molar-refractivity contribution is -0.118. The number of carbonyl (C=O) groups excluding carboxylic acids is 1. The largest absolute Gasteiger partial charge is 0.270 e. The van der Waals surface area contributed by atoms with E-state index in [9.17, 15) is 4.79 Å². The molecule has 6 heteroatoms. The first-order chi connectivity index (χ1) is 6.77. The van der Waals surface area contributed by atoms with E-state index in [2.05, 4.69) is 15.9 Å². The van der Waals surface area contributed by atoms with E-state index < -0.39 is 0 Å². The molecule has 5 nitrogen and oxygen atoms in total. The van der Waals surface area contributed by atoms with Gasteiger partial charge in [-0.05, 0) is 24.3 Å². The van der Waals surface area contributed by atoms with Gasteiger partial charge in [0.15, 0.2) is 0 Å². The Bertz CT molecular complexity index is 375. The number of carbonyl (C=O) groups is 1. The number of anilines is 1. The number of hydrogen-bond acceptors (Lipinski definition) is 4. The van der Waals surface area contributed by atoms with Crippen molar-refractivity contribution in [3.8, 4) is 0 Å². The van der Waals surface area contributed by atoms with E-state index in [1.54, 1.807) is 24.3 Å². The van der Waals surface area contributed by atoms with Gasteiger partial charge in [-0.2, -0.15) is 10.6 Å². The lowest BCUT2D eigenvalue weighted by atomic mass is 10.3. The molecule has 1 heterocycles. The molecule has 1 aliphatic heterocycles. The van der Waals surface area contributed by atoms with Gasteiger partial charge in [-0.1, -0.05) is 16.8 Å². The van der Waals surface area contributed by atoms with Crippen molar-refractivity contribution in [1.29, 1.82) is 0 Å². The molecule has 14 heavy (non-hydrogen) atoms. The number of nitrogens with zero attached hydrogens (tertiary/aromatic N) is 3. The highest BCUT2D eigenvalue weighted by Crippen LogP contribution is 2.17. The van der Waals surface area contributed by atoms with Gasteiger partial charge in [-0.15, -0.1) is 0 Å². The fourth-order valence-electron chi connectivity index (χ4n) is 1.09. The van der Waals surface area contributed by atoms with Crippen molar-refractivity contribution in [1.82, 2.24) is 5.53 Å². The maximum Gasteiger partial charge on any atom is 0.270 e. The highest BCUT2D eigenvalue weighted by Gasteiger charge is 2.17. The summed E-state index contributed by atoms with van der Waals surface area (Å²) in [6.07, 6.45) is 0. The van der Waals surface area contributed by atoms with Crippen LogP contribution in [0.1, 0.15) is 0 Å². The van der Waals surface area contributed by atoms with E-state index in [0.717, 1.165) is 0 Å². The molecule has 0 radical (unpaired) electrons. The monoisotopic (exact) mass is 210 g/mol. The minimum atomic E-state index is -0.151. The van der Waals surface area contributed by atoms with Crippen LogP contribution in [-0.2, 0) is 4.79 Å². The third-order valence-corrected chi connectivity index (χ3v) is 2.01. The third-order valence-electron chi connectivity index (χ3n) is 1.76. The lowest BCUT2D eigenvalue weighted by Crippen LogP contribution is -2.43. The molecule has 1 amide bonds. The van der Waals surface area contributed by atoms with Crippen molar-refractivity contribution in [2.75, 3.05) is 11.6 Å². The molecule has 0 saturated carbocycles. The van der Waals surface area contributed by atoms with Gasteiger partial charge in [-0.3, -0.25) is 4.79 Å². The van der Waals surface area contributed by atoms with Gasteiger partial charge in [0.1, 0.15) is 6.54 Å². The molecule has 1 aliphatic rings. The van der Waals surface area contributed by atoms with Gasteiger partial charge in [0, 0.05) is 5.02 Å². The standard InChI is InChI=1S/C8H7ClN4O/c9-6-1-3-7(4-2-6)13-8(14)5-10-11-12-13/h1-4H,5H2,(H,10,12). The Morgan fingerprint density at radius 2 is 2.07 bits per heavy atom. The molecule has 0 spiro atoms. The summed E-state index contributed by atoms with van der Waals surface area (Å²) in [4.78, 5) is 11.4. The average molecular weight is 211 g/mol. The van der Waals surface area contributed by atoms with Crippen molar-refractivity contribution in [3.05, 3.63) is 29.3 Å². The average Bonchev–Trinajstić information content (AvgIpc) is 2.20. The van der Waals surface area contributed by atoms with Crippen LogP contribution < -0.4 is 10.5 Å². The smallest absolute Gasteiger partial charge is 0.270 e. The van der Waals surface area contributed by atoms with Crippen LogP contribution in [0.2, 0.25) is 5.02 Å². The molecule has 0 aliphatic carbocycles. The Morgan fingerprint density at radius 3 is 2.71 bits per heavy atom. The molecule has 1 aromatic rings. The molecule has 0 saturated heterocycles. The summed E-state index contributed by atoms with van der Waals surface area (Å²) in [6, 6.07) is 6.87. The fourth-order valence-corrected chi connectivity index (χ4v) is 1.22. The van der Waals surface area contributed by atoms with Gasteiger partial charge >= 0.3 is 0 Å². The Balaban J connectivity index is 2.26. The summed E-state index contributed by atoms with van der Waals surface area (Å²) in [5.74, 6) is -0.151. The summed E-state index contributed by atoms with van der Waals surface area (Å²) in [5.41, 5.74) is 3.20. The van der Waals surface area contributed by atoms with Gasteiger partial charge < -0.3 is 0 Å². The van der Waals surface area contributed by atoms with Crippen LogP contribution in [0.5, 0.6) is 0 Å². The van der Waals surface area contributed by atoms with Crippen LogP contribution in [0.15, 0.2) is 34.6 Å². The van der Waals surface area contributed by atoms with Gasteiger partial charge in [0.05, 0.1) is 5.69 Å². The Kier molecular flexibility index (Phi) is 2.32. The van der Waals surface area contributed by atoms with E-state index in [-0.39, 0.29) is 12.5 Å². The van der Waals surface area contributed by atoms with Crippen LogP contribution in [0.3, 0.4) is 0 Å². The quantitative estimate of drug-likeness (QED) is 0.765. The molecule has 0 unspecified atom stereocenters. The van der Waals surface area contributed by atoms with Crippen LogP contribution >= 0.6 is 11.6 Å².